The largest absolute Gasteiger partial charge is 0.383 e. The standard InChI is InChI=1S/C9H11F2N/c1-2-5-12-9-6-7(10)3-4-8(9)11/h3-4,6,12H,2,5H2,1H3. The smallest absolute Gasteiger partial charge is 0.146 e. The molecule has 0 aromatic heterocycles. The molecule has 0 aliphatic rings. The normalized spacial score (nSPS) is 9.92. The lowest BCUT2D eigenvalue weighted by Gasteiger charge is -2.05. The average Bonchev–Trinajstić information content (AvgIpc) is 2.07. The van der Waals surface area contributed by atoms with Crippen molar-refractivity contribution in [3.63, 3.8) is 0 Å². The summed E-state index contributed by atoms with van der Waals surface area (Å²) < 4.78 is 25.4. The van der Waals surface area contributed by atoms with E-state index in [1.807, 2.05) is 6.92 Å². The first-order chi connectivity index (χ1) is 5.74. The van der Waals surface area contributed by atoms with Gasteiger partial charge < -0.3 is 5.32 Å². The number of halogens is 2. The summed E-state index contributed by atoms with van der Waals surface area (Å²) in [7, 11) is 0. The van der Waals surface area contributed by atoms with Crippen LogP contribution >= 0.6 is 0 Å². The molecule has 1 aromatic rings. The molecule has 3 heteroatoms. The summed E-state index contributed by atoms with van der Waals surface area (Å²) >= 11 is 0. The monoisotopic (exact) mass is 171 g/mol. The molecular formula is C9H11F2N. The molecule has 0 aliphatic heterocycles. The number of anilines is 1. The first kappa shape index (κ1) is 8.97. The highest BCUT2D eigenvalue weighted by molar-refractivity contribution is 5.44. The van der Waals surface area contributed by atoms with Crippen LogP contribution in [0.5, 0.6) is 0 Å². The molecule has 0 spiro atoms. The first-order valence-corrected chi connectivity index (χ1v) is 3.93. The number of rotatable bonds is 3. The molecule has 1 rings (SSSR count). The molecular weight excluding hydrogens is 160 g/mol. The van der Waals surface area contributed by atoms with Crippen molar-refractivity contribution in [3.05, 3.63) is 29.8 Å². The molecule has 0 radical (unpaired) electrons. The van der Waals surface area contributed by atoms with Crippen LogP contribution in [-0.4, -0.2) is 6.54 Å². The van der Waals surface area contributed by atoms with Crippen molar-refractivity contribution in [1.29, 1.82) is 0 Å². The maximum Gasteiger partial charge on any atom is 0.146 e. The van der Waals surface area contributed by atoms with E-state index in [1.165, 1.54) is 0 Å². The zero-order chi connectivity index (χ0) is 8.97. The van der Waals surface area contributed by atoms with E-state index in [4.69, 9.17) is 0 Å². The molecule has 0 heterocycles. The highest BCUT2D eigenvalue weighted by Gasteiger charge is 2.01. The molecule has 0 atom stereocenters. The van der Waals surface area contributed by atoms with Crippen LogP contribution < -0.4 is 5.32 Å². The Bertz CT molecular complexity index is 261. The van der Waals surface area contributed by atoms with Gasteiger partial charge in [-0.05, 0) is 24.6 Å². The van der Waals surface area contributed by atoms with E-state index in [2.05, 4.69) is 5.32 Å². The molecule has 0 saturated heterocycles. The van der Waals surface area contributed by atoms with Crippen LogP contribution in [0.3, 0.4) is 0 Å². The second-order valence-electron chi connectivity index (χ2n) is 2.55. The minimum Gasteiger partial charge on any atom is -0.383 e. The van der Waals surface area contributed by atoms with E-state index in [9.17, 15) is 8.78 Å². The highest BCUT2D eigenvalue weighted by Crippen LogP contribution is 2.14. The fraction of sp³-hybridized carbons (Fsp3) is 0.333. The van der Waals surface area contributed by atoms with Crippen molar-refractivity contribution >= 4 is 5.69 Å². The van der Waals surface area contributed by atoms with Gasteiger partial charge in [0.25, 0.3) is 0 Å². The Labute approximate surface area is 70.4 Å². The molecule has 0 amide bonds. The van der Waals surface area contributed by atoms with Gasteiger partial charge in [-0.15, -0.1) is 0 Å². The van der Waals surface area contributed by atoms with Gasteiger partial charge in [-0.2, -0.15) is 0 Å². The Hall–Kier alpha value is -1.12. The van der Waals surface area contributed by atoms with E-state index in [1.54, 1.807) is 0 Å². The fourth-order valence-electron chi connectivity index (χ4n) is 0.893. The van der Waals surface area contributed by atoms with Crippen molar-refractivity contribution in [2.45, 2.75) is 13.3 Å². The van der Waals surface area contributed by atoms with Crippen molar-refractivity contribution < 1.29 is 8.78 Å². The van der Waals surface area contributed by atoms with Gasteiger partial charge in [0.1, 0.15) is 11.6 Å². The summed E-state index contributed by atoms with van der Waals surface area (Å²) in [6, 6.07) is 3.38. The second kappa shape index (κ2) is 4.04. The van der Waals surface area contributed by atoms with E-state index in [-0.39, 0.29) is 5.69 Å². The zero-order valence-electron chi connectivity index (χ0n) is 6.90. The number of nitrogens with one attached hydrogen (secondary N) is 1. The molecule has 66 valence electrons. The molecule has 0 saturated carbocycles. The SMILES string of the molecule is CCCNc1cc(F)ccc1F. The predicted molar refractivity (Wildman–Crippen MR) is 45.1 cm³/mol. The molecule has 0 aliphatic carbocycles. The van der Waals surface area contributed by atoms with E-state index >= 15 is 0 Å². The van der Waals surface area contributed by atoms with Gasteiger partial charge in [-0.3, -0.25) is 0 Å². The van der Waals surface area contributed by atoms with Crippen LogP contribution in [0.4, 0.5) is 14.5 Å². The molecule has 1 N–H and O–H groups in total. The average molecular weight is 171 g/mol. The minimum atomic E-state index is -0.421. The summed E-state index contributed by atoms with van der Waals surface area (Å²) in [6.07, 6.45) is 0.885. The molecule has 1 aromatic carbocycles. The number of benzene rings is 1. The fourth-order valence-corrected chi connectivity index (χ4v) is 0.893. The summed E-state index contributed by atoms with van der Waals surface area (Å²) in [5, 5.41) is 2.79. The zero-order valence-corrected chi connectivity index (χ0v) is 6.90. The first-order valence-electron chi connectivity index (χ1n) is 3.93. The molecule has 12 heavy (non-hydrogen) atoms. The van der Waals surface area contributed by atoms with Crippen molar-refractivity contribution in [3.8, 4) is 0 Å². The van der Waals surface area contributed by atoms with Crippen molar-refractivity contribution in [2.75, 3.05) is 11.9 Å². The van der Waals surface area contributed by atoms with Gasteiger partial charge in [0, 0.05) is 6.54 Å². The third-order valence-electron chi connectivity index (χ3n) is 1.49. The minimum absolute atomic E-state index is 0.233. The van der Waals surface area contributed by atoms with Crippen LogP contribution in [-0.2, 0) is 0 Å². The van der Waals surface area contributed by atoms with Crippen molar-refractivity contribution in [1.82, 2.24) is 0 Å². The maximum absolute atomic E-state index is 12.9. The Kier molecular flexibility index (Phi) is 3.02. The van der Waals surface area contributed by atoms with Gasteiger partial charge in [-0.1, -0.05) is 6.92 Å². The topological polar surface area (TPSA) is 12.0 Å². The lowest BCUT2D eigenvalue weighted by atomic mass is 10.3. The van der Waals surface area contributed by atoms with Gasteiger partial charge in [0.15, 0.2) is 0 Å². The van der Waals surface area contributed by atoms with Crippen LogP contribution in [0.15, 0.2) is 18.2 Å². The van der Waals surface area contributed by atoms with E-state index in [0.29, 0.717) is 6.54 Å². The lowest BCUT2D eigenvalue weighted by Crippen LogP contribution is -2.02. The maximum atomic E-state index is 12.9. The van der Waals surface area contributed by atoms with Gasteiger partial charge in [0.2, 0.25) is 0 Å². The Balaban J connectivity index is 2.75. The Morgan fingerprint density at radius 1 is 1.33 bits per heavy atom. The van der Waals surface area contributed by atoms with Crippen LogP contribution in [0.2, 0.25) is 0 Å². The quantitative estimate of drug-likeness (QED) is 0.737. The summed E-state index contributed by atoms with van der Waals surface area (Å²) in [5.74, 6) is -0.833. The van der Waals surface area contributed by atoms with Gasteiger partial charge >= 0.3 is 0 Å². The van der Waals surface area contributed by atoms with Crippen molar-refractivity contribution in [2.24, 2.45) is 0 Å². The Morgan fingerprint density at radius 3 is 2.75 bits per heavy atom. The molecule has 0 bridgehead atoms. The van der Waals surface area contributed by atoms with E-state index < -0.39 is 11.6 Å². The number of hydrogen-bond acceptors (Lipinski definition) is 1. The molecule has 0 fully saturated rings. The van der Waals surface area contributed by atoms with Gasteiger partial charge in [0.05, 0.1) is 5.69 Å². The third-order valence-corrected chi connectivity index (χ3v) is 1.49. The van der Waals surface area contributed by atoms with E-state index in [0.717, 1.165) is 24.6 Å². The predicted octanol–water partition coefficient (Wildman–Crippen LogP) is 2.79. The second-order valence-corrected chi connectivity index (χ2v) is 2.55. The van der Waals surface area contributed by atoms with Crippen LogP contribution in [0, 0.1) is 11.6 Å². The van der Waals surface area contributed by atoms with Crippen LogP contribution in [0.1, 0.15) is 13.3 Å². The van der Waals surface area contributed by atoms with Crippen LogP contribution in [0.25, 0.3) is 0 Å². The lowest BCUT2D eigenvalue weighted by molar-refractivity contribution is 0.602. The highest BCUT2D eigenvalue weighted by atomic mass is 19.1. The summed E-state index contributed by atoms with van der Waals surface area (Å²) in [6.45, 7) is 2.62. The summed E-state index contributed by atoms with van der Waals surface area (Å²) in [4.78, 5) is 0. The third kappa shape index (κ3) is 2.19. The Morgan fingerprint density at radius 2 is 2.08 bits per heavy atom. The summed E-state index contributed by atoms with van der Waals surface area (Å²) in [5.41, 5.74) is 0.233. The van der Waals surface area contributed by atoms with Gasteiger partial charge in [-0.25, -0.2) is 8.78 Å². The number of hydrogen-bond donors (Lipinski definition) is 1. The molecule has 0 unspecified atom stereocenters. The molecule has 1 nitrogen and oxygen atoms in total.